The summed E-state index contributed by atoms with van der Waals surface area (Å²) in [4.78, 5) is 40.8. The first-order chi connectivity index (χ1) is 10.7. The minimum Gasteiger partial charge on any atom is -0.330 e. The minimum absolute atomic E-state index is 0.156. The molecule has 0 unspecified atom stereocenters. The second-order valence-corrected chi connectivity index (χ2v) is 5.68. The number of imide groups is 1. The van der Waals surface area contributed by atoms with Crippen molar-refractivity contribution in [2.75, 3.05) is 0 Å². The molecule has 0 radical (unpaired) electrons. The van der Waals surface area contributed by atoms with Crippen molar-refractivity contribution in [3.05, 3.63) is 57.8 Å². The first kappa shape index (κ1) is 14.5. The number of hydrogen-bond acceptors (Lipinski definition) is 5. The molecular weight excluding hydrogens is 302 g/mol. The molecule has 2 amide bonds. The lowest BCUT2D eigenvalue weighted by Crippen LogP contribution is -2.32. The Bertz CT molecular complexity index is 689. The number of rotatable bonds is 5. The van der Waals surface area contributed by atoms with Crippen LogP contribution in [-0.4, -0.2) is 22.8 Å². The van der Waals surface area contributed by atoms with E-state index in [1.165, 1.54) is 5.56 Å². The highest BCUT2D eigenvalue weighted by atomic mass is 32.1. The molecule has 1 aliphatic heterocycles. The highest BCUT2D eigenvalue weighted by molar-refractivity contribution is 7.07. The average Bonchev–Trinajstić information content (AvgIpc) is 3.11. The summed E-state index contributed by atoms with van der Waals surface area (Å²) >= 11 is 1.60. The molecule has 0 spiro atoms. The van der Waals surface area contributed by atoms with Gasteiger partial charge in [-0.3, -0.25) is 9.59 Å². The van der Waals surface area contributed by atoms with Crippen LogP contribution in [-0.2, 0) is 16.1 Å². The van der Waals surface area contributed by atoms with Gasteiger partial charge >= 0.3 is 5.97 Å². The van der Waals surface area contributed by atoms with Gasteiger partial charge in [0.05, 0.1) is 11.1 Å². The van der Waals surface area contributed by atoms with Crippen molar-refractivity contribution in [3.8, 4) is 0 Å². The standard InChI is InChI=1S/C16H13NO4S/c18-14(7-3-4-11-8-9-22-10-11)21-17-15(19)12-5-1-2-6-13(12)16(17)20/h1-2,5-6,8-10H,3-4,7H2. The summed E-state index contributed by atoms with van der Waals surface area (Å²) in [5.74, 6) is -1.76. The molecule has 0 N–H and O–H groups in total. The van der Waals surface area contributed by atoms with Gasteiger partial charge in [0.25, 0.3) is 11.8 Å². The maximum Gasteiger partial charge on any atom is 0.333 e. The van der Waals surface area contributed by atoms with Crippen LogP contribution in [0.4, 0.5) is 0 Å². The molecule has 0 saturated heterocycles. The molecule has 2 heterocycles. The van der Waals surface area contributed by atoms with Gasteiger partial charge in [0.2, 0.25) is 0 Å². The number of amides is 2. The third kappa shape index (κ3) is 2.78. The molecule has 0 fully saturated rings. The highest BCUT2D eigenvalue weighted by Crippen LogP contribution is 2.23. The van der Waals surface area contributed by atoms with Crippen LogP contribution in [0.2, 0.25) is 0 Å². The van der Waals surface area contributed by atoms with Crippen molar-refractivity contribution >= 4 is 29.1 Å². The first-order valence-electron chi connectivity index (χ1n) is 6.86. The fraction of sp³-hybridized carbons (Fsp3) is 0.188. The molecule has 1 aromatic heterocycles. The number of fused-ring (bicyclic) bond motifs is 1. The molecule has 1 aromatic carbocycles. The van der Waals surface area contributed by atoms with Crippen molar-refractivity contribution in [1.82, 2.24) is 5.06 Å². The molecule has 2 aromatic rings. The Morgan fingerprint density at radius 1 is 1.09 bits per heavy atom. The van der Waals surface area contributed by atoms with Gasteiger partial charge in [-0.05, 0) is 47.4 Å². The van der Waals surface area contributed by atoms with E-state index in [-0.39, 0.29) is 17.5 Å². The van der Waals surface area contributed by atoms with E-state index in [1.807, 2.05) is 16.8 Å². The fourth-order valence-corrected chi connectivity index (χ4v) is 2.97. The Morgan fingerprint density at radius 2 is 1.77 bits per heavy atom. The smallest absolute Gasteiger partial charge is 0.330 e. The van der Waals surface area contributed by atoms with Crippen LogP contribution in [0.3, 0.4) is 0 Å². The Balaban J connectivity index is 1.56. The van der Waals surface area contributed by atoms with E-state index in [0.717, 1.165) is 6.42 Å². The summed E-state index contributed by atoms with van der Waals surface area (Å²) in [7, 11) is 0. The largest absolute Gasteiger partial charge is 0.333 e. The summed E-state index contributed by atoms with van der Waals surface area (Å²) in [6, 6.07) is 8.41. The van der Waals surface area contributed by atoms with Crippen molar-refractivity contribution in [3.63, 3.8) is 0 Å². The lowest BCUT2D eigenvalue weighted by Gasteiger charge is -2.12. The maximum absolute atomic E-state index is 12.0. The number of nitrogens with zero attached hydrogens (tertiary/aromatic N) is 1. The van der Waals surface area contributed by atoms with E-state index in [9.17, 15) is 14.4 Å². The van der Waals surface area contributed by atoms with E-state index in [1.54, 1.807) is 35.6 Å². The lowest BCUT2D eigenvalue weighted by molar-refractivity contribution is -0.168. The van der Waals surface area contributed by atoms with Crippen LogP contribution >= 0.6 is 11.3 Å². The SMILES string of the molecule is O=C(CCCc1ccsc1)ON1C(=O)c2ccccc2C1=O. The van der Waals surface area contributed by atoms with Gasteiger partial charge in [0.15, 0.2) is 0 Å². The quantitative estimate of drug-likeness (QED) is 0.796. The molecular formula is C16H13NO4S. The topological polar surface area (TPSA) is 63.7 Å². The van der Waals surface area contributed by atoms with Gasteiger partial charge in [-0.25, -0.2) is 4.79 Å². The van der Waals surface area contributed by atoms with Crippen LogP contribution in [0.15, 0.2) is 41.1 Å². The van der Waals surface area contributed by atoms with E-state index in [4.69, 9.17) is 4.84 Å². The number of carbonyl (C=O) groups is 3. The number of carbonyl (C=O) groups excluding carboxylic acids is 3. The van der Waals surface area contributed by atoms with E-state index in [0.29, 0.717) is 11.5 Å². The second-order valence-electron chi connectivity index (χ2n) is 4.90. The Labute approximate surface area is 131 Å². The van der Waals surface area contributed by atoms with E-state index < -0.39 is 17.8 Å². The normalized spacial score (nSPS) is 13.4. The molecule has 22 heavy (non-hydrogen) atoms. The Kier molecular flexibility index (Phi) is 4.02. The molecule has 0 bridgehead atoms. The van der Waals surface area contributed by atoms with Crippen molar-refractivity contribution in [2.24, 2.45) is 0 Å². The second kappa shape index (κ2) is 6.11. The molecule has 6 heteroatoms. The predicted molar refractivity (Wildman–Crippen MR) is 80.3 cm³/mol. The van der Waals surface area contributed by atoms with Crippen molar-refractivity contribution in [1.29, 1.82) is 0 Å². The summed E-state index contributed by atoms with van der Waals surface area (Å²) in [6.45, 7) is 0. The van der Waals surface area contributed by atoms with Crippen molar-refractivity contribution < 1.29 is 19.2 Å². The van der Waals surface area contributed by atoms with Crippen LogP contribution in [0.25, 0.3) is 0 Å². The molecule has 0 aliphatic carbocycles. The zero-order valence-corrected chi connectivity index (χ0v) is 12.5. The summed E-state index contributed by atoms with van der Waals surface area (Å²) in [6.07, 6.45) is 1.53. The zero-order valence-electron chi connectivity index (χ0n) is 11.7. The molecule has 0 saturated carbocycles. The predicted octanol–water partition coefficient (Wildman–Crippen LogP) is 2.83. The van der Waals surface area contributed by atoms with Gasteiger partial charge < -0.3 is 4.84 Å². The lowest BCUT2D eigenvalue weighted by atomic mass is 10.1. The molecule has 3 rings (SSSR count). The highest BCUT2D eigenvalue weighted by Gasteiger charge is 2.38. The summed E-state index contributed by atoms with van der Waals surface area (Å²) < 4.78 is 0. The van der Waals surface area contributed by atoms with E-state index >= 15 is 0 Å². The van der Waals surface area contributed by atoms with Crippen LogP contribution in [0.1, 0.15) is 39.1 Å². The number of aryl methyl sites for hydroxylation is 1. The number of hydroxylamine groups is 2. The molecule has 5 nitrogen and oxygen atoms in total. The van der Waals surface area contributed by atoms with Gasteiger partial charge in [0, 0.05) is 6.42 Å². The number of benzene rings is 1. The molecule has 0 atom stereocenters. The van der Waals surface area contributed by atoms with Gasteiger partial charge in [-0.2, -0.15) is 11.3 Å². The molecule has 1 aliphatic rings. The van der Waals surface area contributed by atoms with Crippen LogP contribution in [0, 0.1) is 0 Å². The van der Waals surface area contributed by atoms with Crippen molar-refractivity contribution in [2.45, 2.75) is 19.3 Å². The Morgan fingerprint density at radius 3 is 2.36 bits per heavy atom. The van der Waals surface area contributed by atoms with E-state index in [2.05, 4.69) is 0 Å². The number of hydrogen-bond donors (Lipinski definition) is 0. The third-order valence-electron chi connectivity index (χ3n) is 3.38. The summed E-state index contributed by atoms with van der Waals surface area (Å²) in [5, 5.41) is 4.56. The zero-order chi connectivity index (χ0) is 15.5. The first-order valence-corrected chi connectivity index (χ1v) is 7.81. The monoisotopic (exact) mass is 315 g/mol. The van der Waals surface area contributed by atoms with Crippen LogP contribution < -0.4 is 0 Å². The Hall–Kier alpha value is -2.47. The summed E-state index contributed by atoms with van der Waals surface area (Å²) in [5.41, 5.74) is 1.69. The average molecular weight is 315 g/mol. The maximum atomic E-state index is 12.0. The van der Waals surface area contributed by atoms with Gasteiger partial charge in [-0.1, -0.05) is 17.2 Å². The molecule has 112 valence electrons. The third-order valence-corrected chi connectivity index (χ3v) is 4.11. The van der Waals surface area contributed by atoms with Crippen LogP contribution in [0.5, 0.6) is 0 Å². The van der Waals surface area contributed by atoms with Gasteiger partial charge in [0.1, 0.15) is 0 Å². The fourth-order valence-electron chi connectivity index (χ4n) is 2.27. The minimum atomic E-state index is -0.591. The van der Waals surface area contributed by atoms with Gasteiger partial charge in [-0.15, -0.1) is 0 Å². The number of thiophene rings is 1.